The van der Waals surface area contributed by atoms with Gasteiger partial charge in [0.05, 0.1) is 11.7 Å². The molecule has 1 aliphatic carbocycles. The number of amides is 1. The Hall–Kier alpha value is -2.17. The van der Waals surface area contributed by atoms with Crippen molar-refractivity contribution in [3.63, 3.8) is 0 Å². The molecule has 0 saturated carbocycles. The average Bonchev–Trinajstić information content (AvgIpc) is 3.22. The molecule has 0 spiro atoms. The number of carbonyl (C=O) groups is 1. The minimum atomic E-state index is 0.0000491. The van der Waals surface area contributed by atoms with Crippen LogP contribution in [0.2, 0.25) is 0 Å². The third-order valence-corrected chi connectivity index (χ3v) is 4.70. The second kappa shape index (κ2) is 5.55. The molecule has 1 atom stereocenters. The van der Waals surface area contributed by atoms with Gasteiger partial charge in [-0.3, -0.25) is 9.78 Å². The fourth-order valence-electron chi connectivity index (χ4n) is 3.58. The van der Waals surface area contributed by atoms with Crippen LogP contribution in [0.15, 0.2) is 28.9 Å². The van der Waals surface area contributed by atoms with Crippen molar-refractivity contribution >= 4 is 5.91 Å². The third kappa shape index (κ3) is 2.21. The van der Waals surface area contributed by atoms with Crippen molar-refractivity contribution in [3.05, 3.63) is 47.1 Å². The molecule has 0 aromatic carbocycles. The Morgan fingerprint density at radius 1 is 1.23 bits per heavy atom. The van der Waals surface area contributed by atoms with E-state index in [4.69, 9.17) is 4.52 Å². The van der Waals surface area contributed by atoms with Crippen molar-refractivity contribution in [1.82, 2.24) is 15.0 Å². The van der Waals surface area contributed by atoms with Gasteiger partial charge in [0.25, 0.3) is 5.91 Å². The number of carbonyl (C=O) groups excluding carboxylic acids is 1. The first kappa shape index (κ1) is 13.5. The summed E-state index contributed by atoms with van der Waals surface area (Å²) in [6.45, 7) is 0.766. The summed E-state index contributed by atoms with van der Waals surface area (Å²) < 4.78 is 5.40. The van der Waals surface area contributed by atoms with Crippen LogP contribution in [-0.2, 0) is 12.8 Å². The first-order chi connectivity index (χ1) is 10.8. The minimum absolute atomic E-state index is 0.0000491. The van der Waals surface area contributed by atoms with E-state index in [-0.39, 0.29) is 11.9 Å². The Kier molecular flexibility index (Phi) is 3.41. The highest BCUT2D eigenvalue weighted by Gasteiger charge is 2.35. The summed E-state index contributed by atoms with van der Waals surface area (Å²) in [6, 6.07) is 5.93. The highest BCUT2D eigenvalue weighted by molar-refractivity contribution is 5.94. The summed E-state index contributed by atoms with van der Waals surface area (Å²) in [5.41, 5.74) is 2.52. The number of aryl methyl sites for hydroxylation is 1. The molecule has 2 aliphatic rings. The van der Waals surface area contributed by atoms with Crippen LogP contribution in [-0.4, -0.2) is 27.5 Å². The number of nitrogens with zero attached hydrogens (tertiary/aromatic N) is 3. The molecule has 114 valence electrons. The maximum absolute atomic E-state index is 12.9. The van der Waals surface area contributed by atoms with Crippen LogP contribution in [0.4, 0.5) is 0 Å². The zero-order valence-corrected chi connectivity index (χ0v) is 12.5. The van der Waals surface area contributed by atoms with Crippen molar-refractivity contribution in [2.45, 2.75) is 44.6 Å². The predicted octanol–water partition coefficient (Wildman–Crippen LogP) is 2.93. The molecule has 5 heteroatoms. The second-order valence-electron chi connectivity index (χ2n) is 6.05. The van der Waals surface area contributed by atoms with Crippen LogP contribution >= 0.6 is 0 Å². The fourth-order valence-corrected chi connectivity index (χ4v) is 3.58. The van der Waals surface area contributed by atoms with Crippen molar-refractivity contribution < 1.29 is 9.32 Å². The van der Waals surface area contributed by atoms with E-state index in [1.54, 1.807) is 6.20 Å². The topological polar surface area (TPSA) is 59.2 Å². The smallest absolute Gasteiger partial charge is 0.276 e. The molecule has 1 fully saturated rings. The summed E-state index contributed by atoms with van der Waals surface area (Å²) in [6.07, 6.45) is 7.79. The Labute approximate surface area is 129 Å². The second-order valence-corrected chi connectivity index (χ2v) is 6.05. The van der Waals surface area contributed by atoms with Crippen LogP contribution in [0.3, 0.4) is 0 Å². The molecule has 3 heterocycles. The number of pyridine rings is 1. The molecule has 0 radical (unpaired) electrons. The van der Waals surface area contributed by atoms with Crippen molar-refractivity contribution in [2.75, 3.05) is 6.54 Å². The Bertz CT molecular complexity index is 680. The highest BCUT2D eigenvalue weighted by Crippen LogP contribution is 2.33. The molecule has 1 saturated heterocycles. The van der Waals surface area contributed by atoms with Crippen molar-refractivity contribution in [3.8, 4) is 0 Å². The fraction of sp³-hybridized carbons (Fsp3) is 0.471. The largest absolute Gasteiger partial charge is 0.360 e. The molecule has 5 nitrogen and oxygen atoms in total. The Morgan fingerprint density at radius 2 is 2.14 bits per heavy atom. The predicted molar refractivity (Wildman–Crippen MR) is 80.4 cm³/mol. The summed E-state index contributed by atoms with van der Waals surface area (Å²) in [4.78, 5) is 19.3. The van der Waals surface area contributed by atoms with Crippen LogP contribution < -0.4 is 0 Å². The minimum Gasteiger partial charge on any atom is -0.360 e. The van der Waals surface area contributed by atoms with Gasteiger partial charge in [-0.1, -0.05) is 11.2 Å². The Balaban J connectivity index is 1.63. The zero-order chi connectivity index (χ0) is 14.9. The molecule has 1 aliphatic heterocycles. The van der Waals surface area contributed by atoms with Gasteiger partial charge in [0.2, 0.25) is 0 Å². The van der Waals surface area contributed by atoms with Gasteiger partial charge in [-0.15, -0.1) is 0 Å². The number of hydrogen-bond donors (Lipinski definition) is 0. The van der Waals surface area contributed by atoms with E-state index in [2.05, 4.69) is 10.1 Å². The molecular weight excluding hydrogens is 278 g/mol. The van der Waals surface area contributed by atoms with Crippen molar-refractivity contribution in [1.29, 1.82) is 0 Å². The van der Waals surface area contributed by atoms with Gasteiger partial charge in [0, 0.05) is 24.7 Å². The SMILES string of the molecule is O=C(c1noc2c1CCCC2)N1CCC[C@@H]1c1ccccn1. The molecule has 1 amide bonds. The lowest BCUT2D eigenvalue weighted by Crippen LogP contribution is -2.32. The lowest BCUT2D eigenvalue weighted by molar-refractivity contribution is 0.0721. The quantitative estimate of drug-likeness (QED) is 0.855. The number of rotatable bonds is 2. The van der Waals surface area contributed by atoms with E-state index in [1.807, 2.05) is 23.1 Å². The van der Waals surface area contributed by atoms with E-state index < -0.39 is 0 Å². The lowest BCUT2D eigenvalue weighted by Gasteiger charge is -2.24. The molecule has 2 aromatic heterocycles. The maximum atomic E-state index is 12.9. The maximum Gasteiger partial charge on any atom is 0.276 e. The summed E-state index contributed by atoms with van der Waals surface area (Å²) in [5.74, 6) is 0.906. The van der Waals surface area contributed by atoms with Gasteiger partial charge in [-0.05, 0) is 44.2 Å². The number of aromatic nitrogens is 2. The van der Waals surface area contributed by atoms with E-state index in [0.29, 0.717) is 5.69 Å². The normalized spacial score (nSPS) is 20.9. The molecule has 0 unspecified atom stereocenters. The van der Waals surface area contributed by atoms with E-state index in [1.165, 1.54) is 0 Å². The van der Waals surface area contributed by atoms with Gasteiger partial charge >= 0.3 is 0 Å². The molecule has 0 bridgehead atoms. The molecule has 0 N–H and O–H groups in total. The van der Waals surface area contributed by atoms with Crippen LogP contribution in [0.5, 0.6) is 0 Å². The average molecular weight is 297 g/mol. The monoisotopic (exact) mass is 297 g/mol. The molecule has 4 rings (SSSR count). The van der Waals surface area contributed by atoms with E-state index in [9.17, 15) is 4.79 Å². The van der Waals surface area contributed by atoms with E-state index in [0.717, 1.165) is 62.1 Å². The molecular formula is C17H19N3O2. The first-order valence-electron chi connectivity index (χ1n) is 8.04. The summed E-state index contributed by atoms with van der Waals surface area (Å²) >= 11 is 0. The van der Waals surface area contributed by atoms with Gasteiger partial charge in [-0.2, -0.15) is 0 Å². The van der Waals surface area contributed by atoms with Gasteiger partial charge < -0.3 is 9.42 Å². The van der Waals surface area contributed by atoms with Crippen LogP contribution in [0, 0.1) is 0 Å². The summed E-state index contributed by atoms with van der Waals surface area (Å²) in [5, 5.41) is 4.08. The number of hydrogen-bond acceptors (Lipinski definition) is 4. The lowest BCUT2D eigenvalue weighted by atomic mass is 9.96. The van der Waals surface area contributed by atoms with Crippen LogP contribution in [0.1, 0.15) is 59.2 Å². The first-order valence-corrected chi connectivity index (χ1v) is 8.04. The third-order valence-electron chi connectivity index (χ3n) is 4.70. The van der Waals surface area contributed by atoms with Gasteiger partial charge in [0.15, 0.2) is 5.69 Å². The number of fused-ring (bicyclic) bond motifs is 1. The van der Waals surface area contributed by atoms with Gasteiger partial charge in [0.1, 0.15) is 5.76 Å². The highest BCUT2D eigenvalue weighted by atomic mass is 16.5. The standard InChI is InChI=1S/C17H19N3O2/c21-17(16-12-6-1-2-9-15(12)22-19-16)20-11-5-8-14(20)13-7-3-4-10-18-13/h3-4,7,10,14H,1-2,5-6,8-9,11H2/t14-/m1/s1. The van der Waals surface area contributed by atoms with Crippen molar-refractivity contribution in [2.24, 2.45) is 0 Å². The Morgan fingerprint density at radius 3 is 3.00 bits per heavy atom. The zero-order valence-electron chi connectivity index (χ0n) is 12.5. The van der Waals surface area contributed by atoms with E-state index >= 15 is 0 Å². The summed E-state index contributed by atoms with van der Waals surface area (Å²) in [7, 11) is 0. The van der Waals surface area contributed by atoms with Gasteiger partial charge in [-0.25, -0.2) is 0 Å². The van der Waals surface area contributed by atoms with Crippen LogP contribution in [0.25, 0.3) is 0 Å². The number of likely N-dealkylation sites (tertiary alicyclic amines) is 1. The molecule has 2 aromatic rings. The molecule has 22 heavy (non-hydrogen) atoms.